The number of carbonyl (C=O) groups is 2. The molecule has 2 heterocycles. The zero-order valence-corrected chi connectivity index (χ0v) is 17.4. The van der Waals surface area contributed by atoms with E-state index in [1.54, 1.807) is 47.7 Å². The molecule has 1 aliphatic rings. The number of hydrogen-bond donors (Lipinski definition) is 1. The average Bonchev–Trinajstić information content (AvgIpc) is 2.92. The van der Waals surface area contributed by atoms with Crippen LogP contribution in [-0.4, -0.2) is 71.7 Å². The van der Waals surface area contributed by atoms with Crippen molar-refractivity contribution >= 4 is 21.8 Å². The van der Waals surface area contributed by atoms with Crippen LogP contribution in [0.2, 0.25) is 0 Å². The molecule has 29 heavy (non-hydrogen) atoms. The Kier molecular flexibility index (Phi) is 6.33. The van der Waals surface area contributed by atoms with Crippen molar-refractivity contribution in [1.29, 1.82) is 0 Å². The summed E-state index contributed by atoms with van der Waals surface area (Å²) in [5.74, 6) is 0.0649. The van der Waals surface area contributed by atoms with Crippen molar-refractivity contribution in [2.75, 3.05) is 32.7 Å². The van der Waals surface area contributed by atoms with Crippen LogP contribution in [0.15, 0.2) is 41.6 Å². The van der Waals surface area contributed by atoms with Crippen LogP contribution in [-0.2, 0) is 21.9 Å². The van der Waals surface area contributed by atoms with Gasteiger partial charge in [-0.25, -0.2) is 13.4 Å². The maximum atomic E-state index is 12.8. The number of amides is 2. The number of sulfonamides is 1. The lowest BCUT2D eigenvalue weighted by Crippen LogP contribution is -2.42. The van der Waals surface area contributed by atoms with Crippen molar-refractivity contribution in [3.8, 4) is 0 Å². The molecule has 0 atom stereocenters. The van der Waals surface area contributed by atoms with E-state index in [2.05, 4.69) is 10.3 Å². The first-order chi connectivity index (χ1) is 13.8. The first-order valence-corrected chi connectivity index (χ1v) is 10.8. The van der Waals surface area contributed by atoms with E-state index >= 15 is 0 Å². The van der Waals surface area contributed by atoms with Gasteiger partial charge in [0.15, 0.2) is 5.03 Å². The number of aryl methyl sites for hydroxylation is 2. The Morgan fingerprint density at radius 1 is 1.10 bits per heavy atom. The van der Waals surface area contributed by atoms with Crippen molar-refractivity contribution in [2.45, 2.75) is 18.4 Å². The second-order valence-corrected chi connectivity index (χ2v) is 8.81. The van der Waals surface area contributed by atoms with Gasteiger partial charge in [-0.2, -0.15) is 4.31 Å². The van der Waals surface area contributed by atoms with E-state index in [0.717, 1.165) is 0 Å². The topological polar surface area (TPSA) is 105 Å². The van der Waals surface area contributed by atoms with E-state index < -0.39 is 10.0 Å². The second kappa shape index (κ2) is 8.75. The molecule has 10 heteroatoms. The Morgan fingerprint density at radius 2 is 1.83 bits per heavy atom. The first kappa shape index (κ1) is 21.0. The van der Waals surface area contributed by atoms with Gasteiger partial charge in [-0.1, -0.05) is 18.2 Å². The number of aromatic nitrogens is 2. The molecule has 9 nitrogen and oxygen atoms in total. The van der Waals surface area contributed by atoms with Gasteiger partial charge in [0.05, 0.1) is 6.54 Å². The van der Waals surface area contributed by atoms with Crippen molar-refractivity contribution in [3.63, 3.8) is 0 Å². The minimum atomic E-state index is -3.70. The molecule has 1 aliphatic heterocycles. The van der Waals surface area contributed by atoms with Gasteiger partial charge in [-0.3, -0.25) is 9.59 Å². The maximum Gasteiger partial charge on any atom is 0.262 e. The molecule has 1 N–H and O–H groups in total. The standard InChI is InChI=1S/C19H25N5O4S/c1-15-21-17(14-22(15)2)29(27,28)24-10-6-9-23(11-12-24)18(25)13-20-19(26)16-7-4-3-5-8-16/h3-5,7-8,14H,6,9-13H2,1-2H3,(H,20,26). The predicted octanol–water partition coefficient (Wildman–Crippen LogP) is 0.382. The van der Waals surface area contributed by atoms with Gasteiger partial charge >= 0.3 is 0 Å². The number of hydrogen-bond acceptors (Lipinski definition) is 5. The largest absolute Gasteiger partial charge is 0.343 e. The Balaban J connectivity index is 1.58. The summed E-state index contributed by atoms with van der Waals surface area (Å²) in [5.41, 5.74) is 0.485. The van der Waals surface area contributed by atoms with Crippen LogP contribution in [0.5, 0.6) is 0 Å². The molecule has 0 bridgehead atoms. The number of imidazole rings is 1. The van der Waals surface area contributed by atoms with E-state index in [0.29, 0.717) is 30.9 Å². The van der Waals surface area contributed by atoms with E-state index in [9.17, 15) is 18.0 Å². The third-order valence-corrected chi connectivity index (χ3v) is 6.70. The molecule has 0 spiro atoms. The highest BCUT2D eigenvalue weighted by atomic mass is 32.2. The normalized spacial score (nSPS) is 15.7. The summed E-state index contributed by atoms with van der Waals surface area (Å²) in [6, 6.07) is 8.67. The van der Waals surface area contributed by atoms with Crippen LogP contribution in [0.25, 0.3) is 0 Å². The molecule has 1 aromatic heterocycles. The fourth-order valence-electron chi connectivity index (χ4n) is 3.13. The molecule has 156 valence electrons. The molecule has 1 fully saturated rings. The minimum absolute atomic E-state index is 0.0207. The highest BCUT2D eigenvalue weighted by molar-refractivity contribution is 7.89. The third-order valence-electron chi connectivity index (χ3n) is 4.93. The van der Waals surface area contributed by atoms with Gasteiger partial charge in [0.1, 0.15) is 5.82 Å². The van der Waals surface area contributed by atoms with Gasteiger partial charge in [-0.05, 0) is 25.5 Å². The molecule has 0 unspecified atom stereocenters. The number of benzene rings is 1. The lowest BCUT2D eigenvalue weighted by atomic mass is 10.2. The monoisotopic (exact) mass is 419 g/mol. The fraction of sp³-hybridized carbons (Fsp3) is 0.421. The molecule has 2 amide bonds. The molecule has 2 aromatic rings. The van der Waals surface area contributed by atoms with Crippen LogP contribution in [0.4, 0.5) is 0 Å². The van der Waals surface area contributed by atoms with E-state index in [-0.39, 0.29) is 36.5 Å². The molecule has 3 rings (SSSR count). The Bertz CT molecular complexity index is 968. The smallest absolute Gasteiger partial charge is 0.262 e. The van der Waals surface area contributed by atoms with Crippen molar-refractivity contribution in [3.05, 3.63) is 47.9 Å². The van der Waals surface area contributed by atoms with Crippen molar-refractivity contribution in [2.24, 2.45) is 7.05 Å². The second-order valence-electron chi connectivity index (χ2n) is 6.92. The molecule has 0 aliphatic carbocycles. The Labute approximate surface area is 170 Å². The van der Waals surface area contributed by atoms with Crippen LogP contribution in [0.3, 0.4) is 0 Å². The Morgan fingerprint density at radius 3 is 2.48 bits per heavy atom. The van der Waals surface area contributed by atoms with E-state index in [4.69, 9.17) is 0 Å². The summed E-state index contributed by atoms with van der Waals surface area (Å²) in [6.45, 7) is 2.83. The van der Waals surface area contributed by atoms with Gasteiger partial charge in [0.2, 0.25) is 5.91 Å². The summed E-state index contributed by atoms with van der Waals surface area (Å²) < 4.78 is 28.7. The summed E-state index contributed by atoms with van der Waals surface area (Å²) in [5, 5.41) is 2.64. The van der Waals surface area contributed by atoms with Crippen molar-refractivity contribution < 1.29 is 18.0 Å². The van der Waals surface area contributed by atoms with E-state index in [1.807, 2.05) is 6.07 Å². The summed E-state index contributed by atoms with van der Waals surface area (Å²) >= 11 is 0. The number of rotatable bonds is 5. The van der Waals surface area contributed by atoms with Crippen LogP contribution < -0.4 is 5.32 Å². The zero-order chi connectivity index (χ0) is 21.0. The van der Waals surface area contributed by atoms with Gasteiger partial charge in [-0.15, -0.1) is 0 Å². The van der Waals surface area contributed by atoms with Crippen LogP contribution in [0, 0.1) is 6.92 Å². The Hall–Kier alpha value is -2.72. The van der Waals surface area contributed by atoms with Crippen LogP contribution in [0.1, 0.15) is 22.6 Å². The van der Waals surface area contributed by atoms with Gasteiger partial charge < -0.3 is 14.8 Å². The summed E-state index contributed by atoms with van der Waals surface area (Å²) in [7, 11) is -1.96. The maximum absolute atomic E-state index is 12.8. The number of nitrogens with zero attached hydrogens (tertiary/aromatic N) is 4. The minimum Gasteiger partial charge on any atom is -0.343 e. The van der Waals surface area contributed by atoms with Gasteiger partial charge in [0, 0.05) is 45.0 Å². The fourth-order valence-corrected chi connectivity index (χ4v) is 4.62. The molecular weight excluding hydrogens is 394 g/mol. The SMILES string of the molecule is Cc1nc(S(=O)(=O)N2CCCN(C(=O)CNC(=O)c3ccccc3)CC2)cn1C. The molecule has 1 saturated heterocycles. The van der Waals surface area contributed by atoms with E-state index in [1.165, 1.54) is 10.5 Å². The quantitative estimate of drug-likeness (QED) is 0.755. The average molecular weight is 420 g/mol. The molecule has 0 saturated carbocycles. The zero-order valence-electron chi connectivity index (χ0n) is 16.5. The number of nitrogens with one attached hydrogen (secondary N) is 1. The third kappa shape index (κ3) is 4.83. The molecule has 1 aromatic carbocycles. The highest BCUT2D eigenvalue weighted by Gasteiger charge is 2.30. The highest BCUT2D eigenvalue weighted by Crippen LogP contribution is 2.17. The van der Waals surface area contributed by atoms with Crippen molar-refractivity contribution in [1.82, 2.24) is 24.1 Å². The van der Waals surface area contributed by atoms with Crippen LogP contribution >= 0.6 is 0 Å². The number of carbonyl (C=O) groups excluding carboxylic acids is 2. The first-order valence-electron chi connectivity index (χ1n) is 9.40. The lowest BCUT2D eigenvalue weighted by Gasteiger charge is -2.21. The molecule has 0 radical (unpaired) electrons. The molecular formula is C19H25N5O4S. The summed E-state index contributed by atoms with van der Waals surface area (Å²) in [6.07, 6.45) is 2.01. The summed E-state index contributed by atoms with van der Waals surface area (Å²) in [4.78, 5) is 30.3. The predicted molar refractivity (Wildman–Crippen MR) is 107 cm³/mol. The van der Waals surface area contributed by atoms with Gasteiger partial charge in [0.25, 0.3) is 15.9 Å². The lowest BCUT2D eigenvalue weighted by molar-refractivity contribution is -0.129.